The molecule has 0 bridgehead atoms. The number of aromatic nitrogens is 1. The lowest BCUT2D eigenvalue weighted by Gasteiger charge is -2.35. The molecule has 1 aromatic heterocycles. The number of hydrogen-bond donors (Lipinski definition) is 1. The molecule has 0 saturated heterocycles. The Hall–Kier alpha value is -3.03. The van der Waals surface area contributed by atoms with Crippen LogP contribution in [-0.2, 0) is 27.2 Å². The molecule has 2 heterocycles. The SMILES string of the molecule is CC(C)(C)OC(=O)N1Cc2c(c3ccccc3n2C(=O)OC(C)(C)C)C[C@H]1C(=O)O. The summed E-state index contributed by atoms with van der Waals surface area (Å²) in [6, 6.07) is 6.17. The number of amides is 1. The maximum atomic E-state index is 13.0. The fourth-order valence-electron chi connectivity index (χ4n) is 3.58. The van der Waals surface area contributed by atoms with Gasteiger partial charge in [0.1, 0.15) is 17.2 Å². The van der Waals surface area contributed by atoms with Gasteiger partial charge in [-0.3, -0.25) is 4.90 Å². The average Bonchev–Trinajstić information content (AvgIpc) is 2.91. The summed E-state index contributed by atoms with van der Waals surface area (Å²) in [4.78, 5) is 38.9. The van der Waals surface area contributed by atoms with Gasteiger partial charge < -0.3 is 14.6 Å². The number of carbonyl (C=O) groups excluding carboxylic acids is 2. The second-order valence-electron chi connectivity index (χ2n) is 9.42. The van der Waals surface area contributed by atoms with Crippen molar-refractivity contribution in [3.8, 4) is 0 Å². The number of ether oxygens (including phenoxy) is 2. The van der Waals surface area contributed by atoms with Crippen molar-refractivity contribution in [2.24, 2.45) is 0 Å². The maximum absolute atomic E-state index is 13.0. The van der Waals surface area contributed by atoms with Crippen LogP contribution >= 0.6 is 0 Å². The van der Waals surface area contributed by atoms with Gasteiger partial charge >= 0.3 is 18.2 Å². The van der Waals surface area contributed by atoms with Crippen molar-refractivity contribution in [3.63, 3.8) is 0 Å². The van der Waals surface area contributed by atoms with Crippen LogP contribution in [0.2, 0.25) is 0 Å². The predicted octanol–water partition coefficient (Wildman–Crippen LogP) is 4.17. The summed E-state index contributed by atoms with van der Waals surface area (Å²) < 4.78 is 12.4. The van der Waals surface area contributed by atoms with Gasteiger partial charge in [-0.25, -0.2) is 19.0 Å². The molecule has 2 aromatic rings. The van der Waals surface area contributed by atoms with Crippen LogP contribution in [0.3, 0.4) is 0 Å². The van der Waals surface area contributed by atoms with Crippen molar-refractivity contribution in [2.75, 3.05) is 0 Å². The number of para-hydroxylation sites is 1. The molecule has 1 aromatic carbocycles. The molecular formula is C22H28N2O6. The highest BCUT2D eigenvalue weighted by molar-refractivity contribution is 5.95. The summed E-state index contributed by atoms with van der Waals surface area (Å²) >= 11 is 0. The normalized spacial score (nSPS) is 16.9. The minimum atomic E-state index is -1.12. The monoisotopic (exact) mass is 416 g/mol. The van der Waals surface area contributed by atoms with E-state index in [2.05, 4.69) is 0 Å². The van der Waals surface area contributed by atoms with Crippen molar-refractivity contribution in [1.82, 2.24) is 9.47 Å². The second kappa shape index (κ2) is 7.34. The molecule has 162 valence electrons. The zero-order valence-electron chi connectivity index (χ0n) is 18.2. The van der Waals surface area contributed by atoms with Crippen molar-refractivity contribution in [2.45, 2.75) is 71.8 Å². The van der Waals surface area contributed by atoms with Gasteiger partial charge in [-0.05, 0) is 53.2 Å². The molecule has 0 unspecified atom stereocenters. The number of carboxylic acid groups (broad SMARTS) is 1. The van der Waals surface area contributed by atoms with Gasteiger partial charge in [-0.2, -0.15) is 0 Å². The summed E-state index contributed by atoms with van der Waals surface area (Å²) in [5, 5.41) is 10.5. The van der Waals surface area contributed by atoms with E-state index in [0.717, 1.165) is 15.8 Å². The lowest BCUT2D eigenvalue weighted by molar-refractivity contribution is -0.143. The molecule has 8 nitrogen and oxygen atoms in total. The smallest absolute Gasteiger partial charge is 0.419 e. The number of hydrogen-bond acceptors (Lipinski definition) is 5. The first-order valence-corrected chi connectivity index (χ1v) is 9.85. The Balaban J connectivity index is 2.13. The molecule has 0 saturated carbocycles. The zero-order chi connectivity index (χ0) is 22.4. The van der Waals surface area contributed by atoms with Crippen LogP contribution in [0.1, 0.15) is 52.8 Å². The minimum Gasteiger partial charge on any atom is -0.480 e. The number of nitrogens with zero attached hydrogens (tertiary/aromatic N) is 2. The first-order chi connectivity index (χ1) is 13.8. The number of aliphatic carboxylic acids is 1. The first-order valence-electron chi connectivity index (χ1n) is 9.85. The molecule has 0 fully saturated rings. The van der Waals surface area contributed by atoms with Crippen LogP contribution in [0.15, 0.2) is 24.3 Å². The molecule has 1 N–H and O–H groups in total. The number of carboxylic acids is 1. The van der Waals surface area contributed by atoms with Gasteiger partial charge in [-0.1, -0.05) is 18.2 Å². The van der Waals surface area contributed by atoms with E-state index in [9.17, 15) is 19.5 Å². The molecule has 3 rings (SSSR count). The number of carbonyl (C=O) groups is 3. The largest absolute Gasteiger partial charge is 0.480 e. The molecule has 8 heteroatoms. The van der Waals surface area contributed by atoms with Gasteiger partial charge in [-0.15, -0.1) is 0 Å². The van der Waals surface area contributed by atoms with Crippen LogP contribution in [-0.4, -0.2) is 50.0 Å². The van der Waals surface area contributed by atoms with Gasteiger partial charge in [0.25, 0.3) is 0 Å². The molecule has 1 amide bonds. The van der Waals surface area contributed by atoms with Crippen LogP contribution in [0.25, 0.3) is 10.9 Å². The molecule has 0 spiro atoms. The average molecular weight is 416 g/mol. The molecule has 1 aliphatic heterocycles. The van der Waals surface area contributed by atoms with E-state index in [0.29, 0.717) is 11.2 Å². The van der Waals surface area contributed by atoms with Crippen molar-refractivity contribution in [3.05, 3.63) is 35.5 Å². The Kier molecular flexibility index (Phi) is 5.30. The summed E-state index contributed by atoms with van der Waals surface area (Å²) in [7, 11) is 0. The fraction of sp³-hybridized carbons (Fsp3) is 0.500. The van der Waals surface area contributed by atoms with E-state index in [-0.39, 0.29) is 13.0 Å². The van der Waals surface area contributed by atoms with Crippen molar-refractivity contribution in [1.29, 1.82) is 0 Å². The maximum Gasteiger partial charge on any atom is 0.419 e. The summed E-state index contributed by atoms with van der Waals surface area (Å²) in [6.07, 6.45) is -1.24. The topological polar surface area (TPSA) is 98.1 Å². The van der Waals surface area contributed by atoms with Gasteiger partial charge in [0, 0.05) is 11.8 Å². The van der Waals surface area contributed by atoms with Gasteiger partial charge in [0.15, 0.2) is 0 Å². The molecule has 1 atom stereocenters. The third-order valence-electron chi connectivity index (χ3n) is 4.67. The molecule has 0 radical (unpaired) electrons. The number of fused-ring (bicyclic) bond motifs is 3. The Morgan fingerprint density at radius 1 is 0.967 bits per heavy atom. The van der Waals surface area contributed by atoms with Crippen LogP contribution in [0, 0.1) is 0 Å². The lowest BCUT2D eigenvalue weighted by atomic mass is 9.97. The third kappa shape index (κ3) is 4.27. The molecule has 30 heavy (non-hydrogen) atoms. The third-order valence-corrected chi connectivity index (χ3v) is 4.67. The van der Waals surface area contributed by atoms with Crippen molar-refractivity contribution < 1.29 is 29.0 Å². The Labute approximate surface area is 175 Å². The van der Waals surface area contributed by atoms with Crippen LogP contribution in [0.5, 0.6) is 0 Å². The van der Waals surface area contributed by atoms with Crippen molar-refractivity contribution >= 4 is 29.1 Å². The second-order valence-corrected chi connectivity index (χ2v) is 9.42. The Morgan fingerprint density at radius 3 is 2.10 bits per heavy atom. The minimum absolute atomic E-state index is 0.0697. The van der Waals surface area contributed by atoms with E-state index in [1.165, 1.54) is 4.57 Å². The number of benzene rings is 1. The van der Waals surface area contributed by atoms with E-state index in [4.69, 9.17) is 9.47 Å². The fourth-order valence-corrected chi connectivity index (χ4v) is 3.58. The summed E-state index contributed by atoms with van der Waals surface area (Å²) in [6.45, 7) is 10.4. The first kappa shape index (κ1) is 21.7. The highest BCUT2D eigenvalue weighted by atomic mass is 16.6. The Bertz CT molecular complexity index is 1010. The molecular weight excluding hydrogens is 388 g/mol. The quantitative estimate of drug-likeness (QED) is 0.749. The van der Waals surface area contributed by atoms with E-state index in [1.807, 2.05) is 12.1 Å². The number of rotatable bonds is 1. The standard InChI is InChI=1S/C22H28N2O6/c1-21(2,3)29-19(27)23-12-17-14(11-16(23)18(25)26)13-9-7-8-10-15(13)24(17)20(28)30-22(4,5)6/h7-10,16H,11-12H2,1-6H3,(H,25,26)/t16-/m0/s1. The summed E-state index contributed by atoms with van der Waals surface area (Å²) in [5.74, 6) is -1.12. The van der Waals surface area contributed by atoms with Gasteiger partial charge in [0.2, 0.25) is 0 Å². The predicted molar refractivity (Wildman–Crippen MR) is 110 cm³/mol. The Morgan fingerprint density at radius 2 is 1.53 bits per heavy atom. The highest BCUT2D eigenvalue weighted by Gasteiger charge is 2.40. The van der Waals surface area contributed by atoms with E-state index >= 15 is 0 Å². The van der Waals surface area contributed by atoms with Crippen LogP contribution < -0.4 is 0 Å². The van der Waals surface area contributed by atoms with E-state index in [1.54, 1.807) is 53.7 Å². The molecule has 0 aliphatic carbocycles. The zero-order valence-corrected chi connectivity index (χ0v) is 18.2. The highest BCUT2D eigenvalue weighted by Crippen LogP contribution is 2.34. The summed E-state index contributed by atoms with van der Waals surface area (Å²) in [5.41, 5.74) is 0.390. The van der Waals surface area contributed by atoms with Gasteiger partial charge in [0.05, 0.1) is 17.8 Å². The molecule has 1 aliphatic rings. The lowest BCUT2D eigenvalue weighted by Crippen LogP contribution is -2.50. The van der Waals surface area contributed by atoms with Crippen LogP contribution in [0.4, 0.5) is 9.59 Å². The van der Waals surface area contributed by atoms with E-state index < -0.39 is 35.4 Å².